The summed E-state index contributed by atoms with van der Waals surface area (Å²) in [5.74, 6) is 0. The van der Waals surface area contributed by atoms with Crippen molar-refractivity contribution >= 4 is 101 Å². The van der Waals surface area contributed by atoms with Crippen LogP contribution in [0.3, 0.4) is 0 Å². The summed E-state index contributed by atoms with van der Waals surface area (Å²) in [6.07, 6.45) is 0. The van der Waals surface area contributed by atoms with Crippen molar-refractivity contribution in [2.75, 3.05) is 0 Å². The van der Waals surface area contributed by atoms with Gasteiger partial charge in [0.1, 0.15) is 0 Å². The van der Waals surface area contributed by atoms with E-state index in [4.69, 9.17) is 32.1 Å². The van der Waals surface area contributed by atoms with Crippen LogP contribution < -0.4 is 24.6 Å². The van der Waals surface area contributed by atoms with Gasteiger partial charge in [0.25, 0.3) is 0 Å². The SMILES string of the molecule is O=[As]([O-])([O-])[O-].O=[As]([O-])([O-])[O-].[Sn+2].[Sn+2].[Sn+2]. The molecule has 0 bridgehead atoms. The molecule has 0 aliphatic rings. The van der Waals surface area contributed by atoms with Gasteiger partial charge in [-0.25, -0.2) is 0 Å². The van der Waals surface area contributed by atoms with Crippen molar-refractivity contribution in [2.45, 2.75) is 0 Å². The van der Waals surface area contributed by atoms with Gasteiger partial charge in [-0.1, -0.05) is 0 Å². The van der Waals surface area contributed by atoms with Crippen LogP contribution in [0.5, 0.6) is 0 Å². The standard InChI is InChI=1S/2AsH3O4.3Sn/c2*2-1(3,4)5;;;/h2*(H3,2,3,4,5);;;/q;;3*+2/p-6. The van der Waals surface area contributed by atoms with Gasteiger partial charge in [-0.15, -0.1) is 0 Å². The van der Waals surface area contributed by atoms with Gasteiger partial charge < -0.3 is 0 Å². The third kappa shape index (κ3) is 299. The van der Waals surface area contributed by atoms with Gasteiger partial charge in [0, 0.05) is 0 Å². The number of rotatable bonds is 0. The molecule has 13 heteroatoms. The predicted octanol–water partition coefficient (Wildman–Crippen LogP) is -9.28. The molecule has 13 heavy (non-hydrogen) atoms. The van der Waals surface area contributed by atoms with E-state index < -0.39 is 29.0 Å². The summed E-state index contributed by atoms with van der Waals surface area (Å²) < 4.78 is 68.9. The molecule has 0 aromatic carbocycles. The summed E-state index contributed by atoms with van der Waals surface area (Å²) in [7, 11) is 0. The predicted molar refractivity (Wildman–Crippen MR) is 30.1 cm³/mol. The molecule has 0 heterocycles. The summed E-state index contributed by atoms with van der Waals surface area (Å²) >= 11 is -11.8. The fourth-order valence-electron chi connectivity index (χ4n) is 0. The molecule has 0 unspecified atom stereocenters. The molecule has 70 valence electrons. The zero-order chi connectivity index (χ0) is 9.00. The Morgan fingerprint density at radius 3 is 0.538 bits per heavy atom. The Hall–Kier alpha value is 2.87. The smallest absolute Gasteiger partial charge is 2.00 e. The van der Waals surface area contributed by atoms with Crippen molar-refractivity contribution in [2.24, 2.45) is 0 Å². The minimum Gasteiger partial charge on any atom is 2.00 e. The maximum Gasteiger partial charge on any atom is 2.00 e. The molecule has 0 saturated carbocycles. The van der Waals surface area contributed by atoms with Crippen molar-refractivity contribution in [3.8, 4) is 0 Å². The van der Waals surface area contributed by atoms with Gasteiger partial charge in [-0.3, -0.25) is 0 Å². The second-order valence-corrected chi connectivity index (χ2v) is 4.65. The van der Waals surface area contributed by atoms with Crippen LogP contribution in [0, 0.1) is 0 Å². The molecule has 0 aromatic rings. The van der Waals surface area contributed by atoms with E-state index in [0.29, 0.717) is 0 Å². The molecule has 0 amide bonds. The van der Waals surface area contributed by atoms with E-state index >= 15 is 0 Å². The van der Waals surface area contributed by atoms with Gasteiger partial charge in [0.15, 0.2) is 0 Å². The molecule has 0 aliphatic heterocycles. The molecule has 8 nitrogen and oxygen atoms in total. The van der Waals surface area contributed by atoms with Crippen LogP contribution in [0.25, 0.3) is 0 Å². The summed E-state index contributed by atoms with van der Waals surface area (Å²) in [5.41, 5.74) is 0. The van der Waals surface area contributed by atoms with Gasteiger partial charge in [0.2, 0.25) is 0 Å². The Balaban J connectivity index is -0.0000000267. The molecule has 0 spiro atoms. The van der Waals surface area contributed by atoms with Gasteiger partial charge in [0.05, 0.1) is 0 Å². The van der Waals surface area contributed by atoms with E-state index in [0.717, 1.165) is 0 Å². The van der Waals surface area contributed by atoms with Gasteiger partial charge in [-0.2, -0.15) is 0 Å². The Kier molecular flexibility index (Phi) is 29.6. The molecule has 0 fully saturated rings. The maximum absolute atomic E-state index is 8.61. The zero-order valence-electron chi connectivity index (χ0n) is 5.66. The molecular weight excluding hydrogens is 634 g/mol. The monoisotopic (exact) mass is 638 g/mol. The Morgan fingerprint density at radius 2 is 0.538 bits per heavy atom. The molecule has 0 aromatic heterocycles. The fraction of sp³-hybridized carbons (Fsp3) is 0. The van der Waals surface area contributed by atoms with Gasteiger partial charge >= 0.3 is 133 Å². The van der Waals surface area contributed by atoms with Crippen LogP contribution >= 0.6 is 0 Å². The maximum atomic E-state index is 8.61. The van der Waals surface area contributed by atoms with E-state index in [1.165, 1.54) is 0 Å². The zero-order valence-corrected chi connectivity index (χ0v) is 18.0. The van der Waals surface area contributed by atoms with Crippen molar-refractivity contribution in [3.63, 3.8) is 0 Å². The fourth-order valence-corrected chi connectivity index (χ4v) is 0. The second kappa shape index (κ2) is 12.9. The summed E-state index contributed by atoms with van der Waals surface area (Å²) in [4.78, 5) is 0. The molecule has 0 saturated heterocycles. The topological polar surface area (TPSA) is 172 Å². The number of hydrogen-bond acceptors (Lipinski definition) is 8. The van der Waals surface area contributed by atoms with E-state index in [-0.39, 0.29) is 71.7 Å². The first-order valence-corrected chi connectivity index (χ1v) is 7.59. The Morgan fingerprint density at radius 1 is 0.538 bits per heavy atom. The molecule has 0 N–H and O–H groups in total. The van der Waals surface area contributed by atoms with Crippen LogP contribution in [0.15, 0.2) is 0 Å². The first-order valence-electron chi connectivity index (χ1n) is 1.46. The summed E-state index contributed by atoms with van der Waals surface area (Å²) in [5, 5.41) is 0. The largest absolute Gasteiger partial charge is 2.00 e. The minimum atomic E-state index is -5.88. The van der Waals surface area contributed by atoms with Crippen molar-refractivity contribution in [1.82, 2.24) is 0 Å². The molecular formula is As2O8Sn3. The second-order valence-electron chi connectivity index (χ2n) is 0.894. The van der Waals surface area contributed by atoms with E-state index in [9.17, 15) is 0 Å². The van der Waals surface area contributed by atoms with Gasteiger partial charge in [-0.05, 0) is 0 Å². The third-order valence-corrected chi connectivity index (χ3v) is 0. The first kappa shape index (κ1) is 29.7. The normalized spacial score (nSPS) is 9.08. The quantitative estimate of drug-likeness (QED) is 0.237. The Labute approximate surface area is 131 Å². The average molecular weight is 634 g/mol. The Bertz CT molecular complexity index is 130. The van der Waals surface area contributed by atoms with Crippen LogP contribution in [0.1, 0.15) is 0 Å². The van der Waals surface area contributed by atoms with Crippen molar-refractivity contribution < 1.29 is 32.1 Å². The summed E-state index contributed by atoms with van der Waals surface area (Å²) in [6, 6.07) is 0. The van der Waals surface area contributed by atoms with E-state index in [2.05, 4.69) is 0 Å². The van der Waals surface area contributed by atoms with E-state index in [1.54, 1.807) is 0 Å². The number of hydrogen-bond donors (Lipinski definition) is 0. The van der Waals surface area contributed by atoms with E-state index in [1.807, 2.05) is 0 Å². The van der Waals surface area contributed by atoms with Crippen LogP contribution in [-0.4, -0.2) is 101 Å². The minimum absolute atomic E-state index is 0. The molecule has 0 atom stereocenters. The molecule has 0 aliphatic carbocycles. The van der Waals surface area contributed by atoms with Crippen molar-refractivity contribution in [3.05, 3.63) is 0 Å². The van der Waals surface area contributed by atoms with Crippen molar-refractivity contribution in [1.29, 1.82) is 0 Å². The average Bonchev–Trinajstić information content (AvgIpc) is 1.12. The van der Waals surface area contributed by atoms with Crippen LogP contribution in [0.2, 0.25) is 0 Å². The molecule has 6 radical (unpaired) electrons. The first-order chi connectivity index (χ1) is 4.00. The van der Waals surface area contributed by atoms with Crippen LogP contribution in [0.4, 0.5) is 0 Å². The summed E-state index contributed by atoms with van der Waals surface area (Å²) in [6.45, 7) is 0. The third-order valence-electron chi connectivity index (χ3n) is 0. The molecule has 0 rings (SSSR count). The van der Waals surface area contributed by atoms with Crippen LogP contribution in [-0.2, 0) is 7.48 Å².